The summed E-state index contributed by atoms with van der Waals surface area (Å²) in [6.07, 6.45) is -2.33. The molecule has 0 spiro atoms. The number of nitrogens with one attached hydrogen (secondary N) is 1. The average Bonchev–Trinajstić information content (AvgIpc) is 2.69. The Kier molecular flexibility index (Phi) is 4.79. The van der Waals surface area contributed by atoms with Crippen LogP contribution in [-0.4, -0.2) is 45.4 Å². The summed E-state index contributed by atoms with van der Waals surface area (Å²) in [5.41, 5.74) is 1.63. The second kappa shape index (κ2) is 6.28. The number of halogens is 3. The second-order valence-electron chi connectivity index (χ2n) is 5.84. The van der Waals surface area contributed by atoms with Gasteiger partial charge in [0.25, 0.3) is 0 Å². The van der Waals surface area contributed by atoms with Crippen LogP contribution in [0.15, 0.2) is 6.20 Å². The highest BCUT2D eigenvalue weighted by Gasteiger charge is 2.46. The monoisotopic (exact) mass is 318 g/mol. The van der Waals surface area contributed by atoms with E-state index in [1.165, 1.54) is 11.8 Å². The molecule has 8 heteroatoms. The van der Waals surface area contributed by atoms with Crippen LogP contribution >= 0.6 is 0 Å². The lowest BCUT2D eigenvalue weighted by Gasteiger charge is -2.40. The minimum Gasteiger partial charge on any atom is -0.352 e. The van der Waals surface area contributed by atoms with Crippen LogP contribution in [0.2, 0.25) is 0 Å². The number of alkyl halides is 3. The van der Waals surface area contributed by atoms with Gasteiger partial charge in [0.1, 0.15) is 6.04 Å². The van der Waals surface area contributed by atoms with Gasteiger partial charge in [0, 0.05) is 44.4 Å². The largest absolute Gasteiger partial charge is 0.404 e. The van der Waals surface area contributed by atoms with Gasteiger partial charge >= 0.3 is 6.18 Å². The van der Waals surface area contributed by atoms with Crippen molar-refractivity contribution in [3.63, 3.8) is 0 Å². The van der Waals surface area contributed by atoms with Gasteiger partial charge in [-0.15, -0.1) is 0 Å². The van der Waals surface area contributed by atoms with Crippen molar-refractivity contribution in [2.24, 2.45) is 7.05 Å². The molecule has 1 aliphatic heterocycles. The van der Waals surface area contributed by atoms with Crippen LogP contribution in [0.1, 0.15) is 31.0 Å². The Morgan fingerprint density at radius 1 is 1.45 bits per heavy atom. The fourth-order valence-electron chi connectivity index (χ4n) is 2.91. The lowest BCUT2D eigenvalue weighted by Crippen LogP contribution is -2.55. The maximum atomic E-state index is 13.2. The second-order valence-corrected chi connectivity index (χ2v) is 5.84. The lowest BCUT2D eigenvalue weighted by atomic mass is 9.97. The Hall–Kier alpha value is -1.57. The summed E-state index contributed by atoms with van der Waals surface area (Å²) in [4.78, 5) is 12.5. The standard InChI is InChI=1S/C14H21F3N4O/c1-9-11(6-18-20(9)3)7-21-8-12(19-10(2)22)4-5-13(21)14(15,16)17/h6,12-13H,4-5,7-8H2,1-3H3,(H,19,22)/t12-,13-/m0/s1. The highest BCUT2D eigenvalue weighted by atomic mass is 19.4. The Morgan fingerprint density at radius 2 is 2.14 bits per heavy atom. The third kappa shape index (κ3) is 3.79. The van der Waals surface area contributed by atoms with Gasteiger partial charge in [0.2, 0.25) is 5.91 Å². The van der Waals surface area contributed by atoms with Gasteiger partial charge in [-0.1, -0.05) is 0 Å². The molecule has 124 valence electrons. The number of amides is 1. The van der Waals surface area contributed by atoms with Gasteiger partial charge in [-0.05, 0) is 19.8 Å². The van der Waals surface area contributed by atoms with Crippen molar-refractivity contribution < 1.29 is 18.0 Å². The molecule has 0 unspecified atom stereocenters. The predicted octanol–water partition coefficient (Wildman–Crippen LogP) is 1.76. The van der Waals surface area contributed by atoms with Crippen LogP contribution < -0.4 is 5.32 Å². The molecule has 1 N–H and O–H groups in total. The molecule has 1 saturated heterocycles. The van der Waals surface area contributed by atoms with Gasteiger partial charge in [-0.25, -0.2) is 0 Å². The summed E-state index contributed by atoms with van der Waals surface area (Å²) in [5, 5.41) is 6.80. The molecule has 1 aromatic heterocycles. The molecule has 5 nitrogen and oxygen atoms in total. The Bertz CT molecular complexity index is 541. The Labute approximate surface area is 127 Å². The molecule has 0 saturated carbocycles. The van der Waals surface area contributed by atoms with E-state index in [9.17, 15) is 18.0 Å². The molecule has 0 aromatic carbocycles. The van der Waals surface area contributed by atoms with E-state index in [2.05, 4.69) is 10.4 Å². The van der Waals surface area contributed by atoms with E-state index >= 15 is 0 Å². The minimum absolute atomic E-state index is 0.00619. The normalized spacial score (nSPS) is 23.5. The summed E-state index contributed by atoms with van der Waals surface area (Å²) >= 11 is 0. The first kappa shape index (κ1) is 16.8. The molecular formula is C14H21F3N4O. The number of nitrogens with zero attached hydrogens (tertiary/aromatic N) is 3. The van der Waals surface area contributed by atoms with Gasteiger partial charge in [0.05, 0.1) is 6.20 Å². The van der Waals surface area contributed by atoms with E-state index in [0.717, 1.165) is 11.3 Å². The first-order chi connectivity index (χ1) is 10.2. The zero-order valence-electron chi connectivity index (χ0n) is 12.9. The van der Waals surface area contributed by atoms with Crippen LogP contribution in [0.3, 0.4) is 0 Å². The average molecular weight is 318 g/mol. The molecule has 1 amide bonds. The molecule has 0 bridgehead atoms. The van der Waals surface area contributed by atoms with Gasteiger partial charge in [-0.3, -0.25) is 14.4 Å². The van der Waals surface area contributed by atoms with Crippen molar-refractivity contribution in [1.29, 1.82) is 0 Å². The van der Waals surface area contributed by atoms with Crippen LogP contribution in [0, 0.1) is 6.92 Å². The van der Waals surface area contributed by atoms with Crippen molar-refractivity contribution >= 4 is 5.91 Å². The van der Waals surface area contributed by atoms with Crippen molar-refractivity contribution in [2.75, 3.05) is 6.54 Å². The van der Waals surface area contributed by atoms with E-state index in [4.69, 9.17) is 0 Å². The Morgan fingerprint density at radius 3 is 2.64 bits per heavy atom. The molecule has 1 aliphatic rings. The number of carbonyl (C=O) groups is 1. The van der Waals surface area contributed by atoms with E-state index < -0.39 is 12.2 Å². The quantitative estimate of drug-likeness (QED) is 0.924. The van der Waals surface area contributed by atoms with Crippen molar-refractivity contribution in [2.45, 2.75) is 51.5 Å². The number of carbonyl (C=O) groups excluding carboxylic acids is 1. The van der Waals surface area contributed by atoms with Gasteiger partial charge < -0.3 is 5.32 Å². The van der Waals surface area contributed by atoms with Crippen LogP contribution in [0.5, 0.6) is 0 Å². The highest BCUT2D eigenvalue weighted by Crippen LogP contribution is 2.33. The molecule has 1 aromatic rings. The number of hydrogen-bond acceptors (Lipinski definition) is 3. The number of aromatic nitrogens is 2. The van der Waals surface area contributed by atoms with E-state index in [1.807, 2.05) is 6.92 Å². The maximum absolute atomic E-state index is 13.2. The van der Waals surface area contributed by atoms with Crippen molar-refractivity contribution in [3.05, 3.63) is 17.5 Å². The van der Waals surface area contributed by atoms with E-state index in [-0.39, 0.29) is 31.5 Å². The summed E-state index contributed by atoms with van der Waals surface area (Å²) < 4.78 is 41.4. The van der Waals surface area contributed by atoms with Gasteiger partial charge in [0.15, 0.2) is 0 Å². The topological polar surface area (TPSA) is 50.2 Å². The maximum Gasteiger partial charge on any atom is 0.404 e. The zero-order chi connectivity index (χ0) is 16.5. The molecule has 2 heterocycles. The van der Waals surface area contributed by atoms with Crippen LogP contribution in [0.4, 0.5) is 13.2 Å². The smallest absolute Gasteiger partial charge is 0.352 e. The third-order valence-corrected chi connectivity index (χ3v) is 4.18. The Balaban J connectivity index is 2.16. The fraction of sp³-hybridized carbons (Fsp3) is 0.714. The molecule has 0 aliphatic carbocycles. The number of hydrogen-bond donors (Lipinski definition) is 1. The zero-order valence-corrected chi connectivity index (χ0v) is 12.9. The molecule has 1 fully saturated rings. The van der Waals surface area contributed by atoms with Crippen LogP contribution in [-0.2, 0) is 18.4 Å². The molecule has 0 radical (unpaired) electrons. The number of aryl methyl sites for hydroxylation is 1. The third-order valence-electron chi connectivity index (χ3n) is 4.18. The highest BCUT2D eigenvalue weighted by molar-refractivity contribution is 5.73. The first-order valence-corrected chi connectivity index (χ1v) is 7.24. The van der Waals surface area contributed by atoms with Crippen LogP contribution in [0.25, 0.3) is 0 Å². The predicted molar refractivity (Wildman–Crippen MR) is 75.0 cm³/mol. The lowest BCUT2D eigenvalue weighted by molar-refractivity contribution is -0.194. The number of likely N-dealkylation sites (tertiary alicyclic amines) is 1. The summed E-state index contributed by atoms with van der Waals surface area (Å²) in [7, 11) is 1.76. The number of rotatable bonds is 3. The number of piperidine rings is 1. The minimum atomic E-state index is -4.27. The van der Waals surface area contributed by atoms with E-state index in [1.54, 1.807) is 17.9 Å². The molecule has 2 rings (SSSR count). The summed E-state index contributed by atoms with van der Waals surface area (Å²) in [5.74, 6) is -0.215. The molecule has 22 heavy (non-hydrogen) atoms. The van der Waals surface area contributed by atoms with Gasteiger partial charge in [-0.2, -0.15) is 18.3 Å². The van der Waals surface area contributed by atoms with E-state index in [0.29, 0.717) is 6.42 Å². The summed E-state index contributed by atoms with van der Waals surface area (Å²) in [6.45, 7) is 3.59. The summed E-state index contributed by atoms with van der Waals surface area (Å²) in [6, 6.07) is -1.72. The fourth-order valence-corrected chi connectivity index (χ4v) is 2.91. The SMILES string of the molecule is CC(=O)N[C@H]1CC[C@@H](C(F)(F)F)N(Cc2cnn(C)c2C)C1. The molecular weight excluding hydrogens is 297 g/mol. The van der Waals surface area contributed by atoms with Crippen molar-refractivity contribution in [1.82, 2.24) is 20.0 Å². The molecule has 2 atom stereocenters. The van der Waals surface area contributed by atoms with Crippen molar-refractivity contribution in [3.8, 4) is 0 Å². The first-order valence-electron chi connectivity index (χ1n) is 7.24.